The van der Waals surface area contributed by atoms with E-state index in [1.165, 1.54) is 16.4 Å². The van der Waals surface area contributed by atoms with Crippen LogP contribution in [0.2, 0.25) is 0 Å². The number of anilines is 1. The fraction of sp³-hybridized carbons (Fsp3) is 0.579. The van der Waals surface area contributed by atoms with Crippen molar-refractivity contribution >= 4 is 27.5 Å². The Hall–Kier alpha value is -1.97. The smallest absolute Gasteiger partial charge is 0.243 e. The molecule has 2 amide bonds. The summed E-state index contributed by atoms with van der Waals surface area (Å²) in [5, 5.41) is 12.0. The lowest BCUT2D eigenvalue weighted by molar-refractivity contribution is -0.126. The zero-order valence-electron chi connectivity index (χ0n) is 16.0. The van der Waals surface area contributed by atoms with Gasteiger partial charge in [-0.2, -0.15) is 4.31 Å². The molecule has 9 heteroatoms. The molecule has 0 bridgehead atoms. The minimum atomic E-state index is -3.71. The number of benzene rings is 1. The highest BCUT2D eigenvalue weighted by Crippen LogP contribution is 2.27. The van der Waals surface area contributed by atoms with Gasteiger partial charge in [0.05, 0.1) is 16.9 Å². The Morgan fingerprint density at radius 2 is 1.96 bits per heavy atom. The normalized spacial score (nSPS) is 22.3. The van der Waals surface area contributed by atoms with Gasteiger partial charge in [0.15, 0.2) is 0 Å². The molecule has 0 spiro atoms. The van der Waals surface area contributed by atoms with Crippen LogP contribution >= 0.6 is 0 Å². The van der Waals surface area contributed by atoms with Crippen LogP contribution in [-0.2, 0) is 19.6 Å². The van der Waals surface area contributed by atoms with Crippen molar-refractivity contribution in [2.24, 2.45) is 5.92 Å². The predicted molar refractivity (Wildman–Crippen MR) is 104 cm³/mol. The molecule has 2 N–H and O–H groups in total. The van der Waals surface area contributed by atoms with Gasteiger partial charge in [-0.1, -0.05) is 0 Å². The highest BCUT2D eigenvalue weighted by molar-refractivity contribution is 7.89. The first kappa shape index (κ1) is 20.8. The second-order valence-electron chi connectivity index (χ2n) is 7.44. The van der Waals surface area contributed by atoms with Crippen LogP contribution < -0.4 is 10.2 Å². The van der Waals surface area contributed by atoms with Crippen LogP contribution in [-0.4, -0.2) is 61.9 Å². The summed E-state index contributed by atoms with van der Waals surface area (Å²) in [5.41, 5.74) is 0.704. The van der Waals surface area contributed by atoms with E-state index in [4.69, 9.17) is 0 Å². The second-order valence-corrected chi connectivity index (χ2v) is 9.38. The molecule has 1 aromatic rings. The molecule has 0 saturated carbocycles. The average Bonchev–Trinajstić information content (AvgIpc) is 3.12. The number of aliphatic hydroxyl groups is 1. The number of piperidine rings is 1. The fourth-order valence-electron chi connectivity index (χ4n) is 3.64. The van der Waals surface area contributed by atoms with Gasteiger partial charge in [0, 0.05) is 38.3 Å². The van der Waals surface area contributed by atoms with Gasteiger partial charge in [0.1, 0.15) is 0 Å². The minimum absolute atomic E-state index is 0.0534. The molecule has 0 aromatic heterocycles. The Labute approximate surface area is 165 Å². The summed E-state index contributed by atoms with van der Waals surface area (Å²) in [5.74, 6) is -0.606. The summed E-state index contributed by atoms with van der Waals surface area (Å²) in [4.78, 5) is 25.9. The van der Waals surface area contributed by atoms with Crippen LogP contribution in [0.5, 0.6) is 0 Å². The van der Waals surface area contributed by atoms with Gasteiger partial charge in [-0.3, -0.25) is 9.59 Å². The summed E-state index contributed by atoms with van der Waals surface area (Å²) < 4.78 is 27.3. The first-order chi connectivity index (χ1) is 13.3. The Kier molecular flexibility index (Phi) is 6.36. The van der Waals surface area contributed by atoms with E-state index >= 15 is 0 Å². The van der Waals surface area contributed by atoms with Crippen LogP contribution in [0.4, 0.5) is 5.69 Å². The van der Waals surface area contributed by atoms with Crippen LogP contribution in [0.25, 0.3) is 0 Å². The van der Waals surface area contributed by atoms with Crippen molar-refractivity contribution in [1.82, 2.24) is 9.62 Å². The van der Waals surface area contributed by atoms with Crippen molar-refractivity contribution in [2.75, 3.05) is 31.1 Å². The van der Waals surface area contributed by atoms with E-state index in [0.29, 0.717) is 38.0 Å². The molecule has 28 heavy (non-hydrogen) atoms. The van der Waals surface area contributed by atoms with Gasteiger partial charge < -0.3 is 15.3 Å². The highest BCUT2D eigenvalue weighted by Gasteiger charge is 2.33. The molecule has 2 unspecified atom stereocenters. The summed E-state index contributed by atoms with van der Waals surface area (Å²) in [6.45, 7) is 2.88. The molecule has 2 aliphatic rings. The summed E-state index contributed by atoms with van der Waals surface area (Å²) in [7, 11) is -3.71. The maximum absolute atomic E-state index is 13.0. The third-order valence-corrected chi connectivity index (χ3v) is 7.07. The van der Waals surface area contributed by atoms with Crippen LogP contribution in [0, 0.1) is 5.92 Å². The molecule has 2 fully saturated rings. The summed E-state index contributed by atoms with van der Waals surface area (Å²) >= 11 is 0. The number of hydrogen-bond acceptors (Lipinski definition) is 5. The molecule has 3 rings (SSSR count). The highest BCUT2D eigenvalue weighted by atomic mass is 32.2. The number of nitrogens with zero attached hydrogens (tertiary/aromatic N) is 2. The molecule has 1 aromatic carbocycles. The molecule has 8 nitrogen and oxygen atoms in total. The number of rotatable bonds is 6. The molecule has 0 aliphatic carbocycles. The summed E-state index contributed by atoms with van der Waals surface area (Å²) in [6.07, 6.45) is 1.91. The Bertz CT molecular complexity index is 822. The van der Waals surface area contributed by atoms with E-state index in [1.54, 1.807) is 24.0 Å². The fourth-order valence-corrected chi connectivity index (χ4v) is 5.16. The van der Waals surface area contributed by atoms with E-state index in [0.717, 1.165) is 6.42 Å². The molecular weight excluding hydrogens is 382 g/mol. The van der Waals surface area contributed by atoms with Gasteiger partial charge in [0.2, 0.25) is 21.8 Å². The van der Waals surface area contributed by atoms with E-state index in [9.17, 15) is 23.1 Å². The van der Waals surface area contributed by atoms with Crippen molar-refractivity contribution in [3.8, 4) is 0 Å². The number of carbonyl (C=O) groups excluding carboxylic acids is 2. The maximum Gasteiger partial charge on any atom is 0.243 e. The van der Waals surface area contributed by atoms with Gasteiger partial charge in [-0.25, -0.2) is 8.42 Å². The molecule has 2 heterocycles. The minimum Gasteiger partial charge on any atom is -0.392 e. The van der Waals surface area contributed by atoms with Crippen LogP contribution in [0.15, 0.2) is 29.2 Å². The van der Waals surface area contributed by atoms with E-state index < -0.39 is 22.0 Å². The van der Waals surface area contributed by atoms with Gasteiger partial charge in [-0.15, -0.1) is 0 Å². The van der Waals surface area contributed by atoms with Gasteiger partial charge >= 0.3 is 0 Å². The molecule has 2 atom stereocenters. The maximum atomic E-state index is 13.0. The average molecular weight is 410 g/mol. The number of sulfonamides is 1. The zero-order chi connectivity index (χ0) is 20.3. The van der Waals surface area contributed by atoms with Crippen molar-refractivity contribution in [3.05, 3.63) is 24.3 Å². The number of aliphatic hydroxyl groups excluding tert-OH is 1. The number of nitrogens with one attached hydrogen (secondary N) is 1. The molecule has 0 radical (unpaired) electrons. The van der Waals surface area contributed by atoms with Crippen molar-refractivity contribution < 1.29 is 23.1 Å². The number of hydrogen-bond donors (Lipinski definition) is 2. The molecule has 154 valence electrons. The van der Waals surface area contributed by atoms with Crippen molar-refractivity contribution in [1.29, 1.82) is 0 Å². The number of amides is 2. The lowest BCUT2D eigenvalue weighted by atomic mass is 9.99. The van der Waals surface area contributed by atoms with Crippen LogP contribution in [0.3, 0.4) is 0 Å². The first-order valence-electron chi connectivity index (χ1n) is 9.65. The first-order valence-corrected chi connectivity index (χ1v) is 11.1. The monoisotopic (exact) mass is 409 g/mol. The topological polar surface area (TPSA) is 107 Å². The third kappa shape index (κ3) is 4.53. The van der Waals surface area contributed by atoms with E-state index in [2.05, 4.69) is 5.32 Å². The number of carbonyl (C=O) groups is 2. The van der Waals surface area contributed by atoms with E-state index in [-0.39, 0.29) is 29.8 Å². The lowest BCUT2D eigenvalue weighted by Gasteiger charge is -2.31. The quantitative estimate of drug-likeness (QED) is 0.720. The lowest BCUT2D eigenvalue weighted by Crippen LogP contribution is -2.46. The van der Waals surface area contributed by atoms with E-state index in [1.807, 2.05) is 0 Å². The predicted octanol–water partition coefficient (Wildman–Crippen LogP) is 0.711. The van der Waals surface area contributed by atoms with Gasteiger partial charge in [0.25, 0.3) is 0 Å². The molecule has 2 aliphatic heterocycles. The summed E-state index contributed by atoms with van der Waals surface area (Å²) in [6, 6.07) is 6.36. The van der Waals surface area contributed by atoms with Gasteiger partial charge in [-0.05, 0) is 50.5 Å². The third-order valence-electron chi connectivity index (χ3n) is 5.19. The van der Waals surface area contributed by atoms with Crippen LogP contribution in [0.1, 0.15) is 32.6 Å². The standard InChI is InChI=1S/C19H27N3O5S/c1-14(23)12-20-19(25)15-4-2-10-21(13-15)28(26,27)17-8-6-16(7-9-17)22-11-3-5-18(22)24/h6-9,14-15,23H,2-5,10-13H2,1H3,(H,20,25). The second kappa shape index (κ2) is 8.59. The van der Waals surface area contributed by atoms with Crippen molar-refractivity contribution in [3.63, 3.8) is 0 Å². The Morgan fingerprint density at radius 3 is 2.57 bits per heavy atom. The Morgan fingerprint density at radius 1 is 1.25 bits per heavy atom. The zero-order valence-corrected chi connectivity index (χ0v) is 16.8. The largest absolute Gasteiger partial charge is 0.392 e. The SMILES string of the molecule is CC(O)CNC(=O)C1CCCN(S(=O)(=O)c2ccc(N3CCCC3=O)cc2)C1. The molecule has 2 saturated heterocycles. The molecular formula is C19H27N3O5S. The Balaban J connectivity index is 1.69. The van der Waals surface area contributed by atoms with Crippen molar-refractivity contribution in [2.45, 2.75) is 43.6 Å².